The first kappa shape index (κ1) is 23.6. The SMILES string of the molecule is C[C@H](OC1CCCCO1)c1nccn1Cc1cc(-c2ccc(C#Cc3ccc(C#N)cc3)cc2)on1. The van der Waals surface area contributed by atoms with Crippen molar-refractivity contribution < 1.29 is 14.0 Å². The van der Waals surface area contributed by atoms with Crippen LogP contribution in [0.2, 0.25) is 0 Å². The first-order valence-corrected chi connectivity index (χ1v) is 12.0. The Kier molecular flexibility index (Phi) is 7.23. The predicted octanol–water partition coefficient (Wildman–Crippen LogP) is 5.46. The van der Waals surface area contributed by atoms with Crippen molar-refractivity contribution in [1.29, 1.82) is 5.26 Å². The predicted molar refractivity (Wildman–Crippen MR) is 133 cm³/mol. The van der Waals surface area contributed by atoms with Crippen LogP contribution >= 0.6 is 0 Å². The molecule has 0 spiro atoms. The maximum absolute atomic E-state index is 8.90. The van der Waals surface area contributed by atoms with Crippen LogP contribution in [0.5, 0.6) is 0 Å². The Morgan fingerprint density at radius 2 is 1.78 bits per heavy atom. The average Bonchev–Trinajstić information content (AvgIpc) is 3.59. The van der Waals surface area contributed by atoms with E-state index in [0.29, 0.717) is 17.9 Å². The number of rotatable bonds is 6. The van der Waals surface area contributed by atoms with Crippen LogP contribution in [-0.2, 0) is 16.0 Å². The van der Waals surface area contributed by atoms with Crippen molar-refractivity contribution >= 4 is 0 Å². The van der Waals surface area contributed by atoms with Gasteiger partial charge in [-0.1, -0.05) is 17.0 Å². The van der Waals surface area contributed by atoms with E-state index in [0.717, 1.165) is 54.1 Å². The van der Waals surface area contributed by atoms with E-state index in [-0.39, 0.29) is 12.4 Å². The van der Waals surface area contributed by atoms with Gasteiger partial charge in [0.2, 0.25) is 0 Å². The van der Waals surface area contributed by atoms with Gasteiger partial charge in [0.1, 0.15) is 17.6 Å². The minimum atomic E-state index is -0.188. The van der Waals surface area contributed by atoms with Crippen molar-refractivity contribution in [3.8, 4) is 29.2 Å². The summed E-state index contributed by atoms with van der Waals surface area (Å²) in [4.78, 5) is 4.50. The van der Waals surface area contributed by atoms with E-state index in [2.05, 4.69) is 28.1 Å². The van der Waals surface area contributed by atoms with E-state index in [1.165, 1.54) is 0 Å². The summed E-state index contributed by atoms with van der Waals surface area (Å²) in [5.41, 5.74) is 4.10. The third-order valence-corrected chi connectivity index (χ3v) is 6.03. The molecule has 0 N–H and O–H groups in total. The minimum Gasteiger partial charge on any atom is -0.356 e. The highest BCUT2D eigenvalue weighted by Crippen LogP contribution is 2.25. The van der Waals surface area contributed by atoms with Crippen molar-refractivity contribution in [2.45, 2.75) is 45.1 Å². The standard InChI is InChI=1S/C29H26N4O3/c1-21(35-28-4-2-3-17-34-28)29-31-15-16-33(29)20-26-18-27(36-32-26)25-13-11-23(12-14-25)6-5-22-7-9-24(19-30)10-8-22/h7-16,18,21,28H,2-4,17,20H2,1H3/t21-,28?/m0/s1. The zero-order valence-corrected chi connectivity index (χ0v) is 20.1. The molecule has 4 aromatic rings. The molecule has 1 saturated heterocycles. The average molecular weight is 479 g/mol. The van der Waals surface area contributed by atoms with Crippen LogP contribution in [-0.4, -0.2) is 27.6 Å². The lowest BCUT2D eigenvalue weighted by Gasteiger charge is -2.26. The molecular formula is C29H26N4O3. The van der Waals surface area contributed by atoms with Gasteiger partial charge in [-0.2, -0.15) is 5.26 Å². The third-order valence-electron chi connectivity index (χ3n) is 6.03. The second-order valence-corrected chi connectivity index (χ2v) is 8.69. The molecule has 2 aromatic heterocycles. The Balaban J connectivity index is 1.23. The van der Waals surface area contributed by atoms with E-state index >= 15 is 0 Å². The van der Waals surface area contributed by atoms with Crippen molar-refractivity contribution in [2.75, 3.05) is 6.61 Å². The summed E-state index contributed by atoms with van der Waals surface area (Å²) in [5, 5.41) is 13.2. The van der Waals surface area contributed by atoms with E-state index in [1.54, 1.807) is 18.3 Å². The Morgan fingerprint density at radius 3 is 2.47 bits per heavy atom. The lowest BCUT2D eigenvalue weighted by atomic mass is 10.1. The molecule has 7 nitrogen and oxygen atoms in total. The first-order valence-electron chi connectivity index (χ1n) is 12.0. The number of ether oxygens (including phenoxy) is 2. The fourth-order valence-electron chi connectivity index (χ4n) is 4.11. The molecule has 7 heteroatoms. The molecule has 0 amide bonds. The molecule has 1 unspecified atom stereocenters. The van der Waals surface area contributed by atoms with Crippen LogP contribution in [0.15, 0.2) is 71.5 Å². The van der Waals surface area contributed by atoms with Gasteiger partial charge < -0.3 is 18.6 Å². The topological polar surface area (TPSA) is 86.1 Å². The van der Waals surface area contributed by atoms with Gasteiger partial charge in [0.25, 0.3) is 0 Å². The summed E-state index contributed by atoms with van der Waals surface area (Å²) >= 11 is 0. The molecule has 0 bridgehead atoms. The molecule has 2 aromatic carbocycles. The van der Waals surface area contributed by atoms with Crippen LogP contribution in [0, 0.1) is 23.2 Å². The van der Waals surface area contributed by atoms with Gasteiger partial charge in [0.05, 0.1) is 18.2 Å². The number of nitrogens with zero attached hydrogens (tertiary/aromatic N) is 4. The van der Waals surface area contributed by atoms with Crippen molar-refractivity contribution in [1.82, 2.24) is 14.7 Å². The Morgan fingerprint density at radius 1 is 1.06 bits per heavy atom. The summed E-state index contributed by atoms with van der Waals surface area (Å²) in [6.45, 7) is 3.28. The van der Waals surface area contributed by atoms with Gasteiger partial charge >= 0.3 is 0 Å². The van der Waals surface area contributed by atoms with Crippen molar-refractivity contribution in [2.24, 2.45) is 0 Å². The molecule has 36 heavy (non-hydrogen) atoms. The highest BCUT2D eigenvalue weighted by molar-refractivity contribution is 5.59. The minimum absolute atomic E-state index is 0.172. The molecule has 5 rings (SSSR count). The number of nitriles is 1. The summed E-state index contributed by atoms with van der Waals surface area (Å²) in [5.74, 6) is 7.79. The lowest BCUT2D eigenvalue weighted by Crippen LogP contribution is -2.24. The molecule has 180 valence electrons. The van der Waals surface area contributed by atoms with E-state index in [4.69, 9.17) is 19.3 Å². The van der Waals surface area contributed by atoms with E-state index in [1.807, 2.05) is 60.2 Å². The quantitative estimate of drug-likeness (QED) is 0.342. The second kappa shape index (κ2) is 11.0. The first-order chi connectivity index (χ1) is 17.7. The normalized spacial score (nSPS) is 16.1. The second-order valence-electron chi connectivity index (χ2n) is 8.69. The molecule has 0 aliphatic carbocycles. The van der Waals surface area contributed by atoms with Gasteiger partial charge in [0, 0.05) is 41.8 Å². The zero-order valence-electron chi connectivity index (χ0n) is 20.1. The van der Waals surface area contributed by atoms with Gasteiger partial charge in [-0.3, -0.25) is 0 Å². The Hall–Kier alpha value is -4.17. The Bertz CT molecular complexity index is 1400. The molecule has 1 aliphatic rings. The summed E-state index contributed by atoms with van der Waals surface area (Å²) in [6.07, 6.45) is 6.46. The molecule has 1 fully saturated rings. The van der Waals surface area contributed by atoms with Crippen molar-refractivity contribution in [3.63, 3.8) is 0 Å². The van der Waals surface area contributed by atoms with Crippen LogP contribution < -0.4 is 0 Å². The van der Waals surface area contributed by atoms with Crippen LogP contribution in [0.3, 0.4) is 0 Å². The number of hydrogen-bond donors (Lipinski definition) is 0. The summed E-state index contributed by atoms with van der Waals surface area (Å²) < 4.78 is 19.4. The van der Waals surface area contributed by atoms with Crippen LogP contribution in [0.25, 0.3) is 11.3 Å². The largest absolute Gasteiger partial charge is 0.356 e. The molecular weight excluding hydrogens is 452 g/mol. The highest BCUT2D eigenvalue weighted by Gasteiger charge is 2.21. The lowest BCUT2D eigenvalue weighted by molar-refractivity contribution is -0.188. The fourth-order valence-corrected chi connectivity index (χ4v) is 4.11. The van der Waals surface area contributed by atoms with Gasteiger partial charge in [0.15, 0.2) is 12.1 Å². The smallest absolute Gasteiger partial charge is 0.167 e. The van der Waals surface area contributed by atoms with Crippen LogP contribution in [0.1, 0.15) is 60.5 Å². The number of imidazole rings is 1. The third kappa shape index (κ3) is 5.72. The molecule has 1 aliphatic heterocycles. The molecule has 0 radical (unpaired) electrons. The van der Waals surface area contributed by atoms with Crippen molar-refractivity contribution in [3.05, 3.63) is 95.2 Å². The number of hydrogen-bond acceptors (Lipinski definition) is 6. The maximum Gasteiger partial charge on any atom is 0.167 e. The molecule has 2 atom stereocenters. The monoisotopic (exact) mass is 478 g/mol. The zero-order chi connectivity index (χ0) is 24.7. The van der Waals surface area contributed by atoms with E-state index < -0.39 is 0 Å². The molecule has 3 heterocycles. The van der Waals surface area contributed by atoms with E-state index in [9.17, 15) is 0 Å². The Labute approximate surface area is 210 Å². The highest BCUT2D eigenvalue weighted by atomic mass is 16.7. The number of benzene rings is 2. The van der Waals surface area contributed by atoms with Gasteiger partial charge in [-0.05, 0) is 74.7 Å². The van der Waals surface area contributed by atoms with Gasteiger partial charge in [-0.25, -0.2) is 4.98 Å². The number of aromatic nitrogens is 3. The van der Waals surface area contributed by atoms with Gasteiger partial charge in [-0.15, -0.1) is 0 Å². The summed E-state index contributed by atoms with van der Waals surface area (Å²) in [7, 11) is 0. The summed E-state index contributed by atoms with van der Waals surface area (Å²) in [6, 6.07) is 19.1. The fraction of sp³-hybridized carbons (Fsp3) is 0.276. The maximum atomic E-state index is 8.90. The van der Waals surface area contributed by atoms with Crippen LogP contribution in [0.4, 0.5) is 0 Å². The molecule has 0 saturated carbocycles.